The van der Waals surface area contributed by atoms with Gasteiger partial charge in [-0.1, -0.05) is 0 Å². The average Bonchev–Trinajstić information content (AvgIpc) is 2.59. The number of halogens is 1. The predicted octanol–water partition coefficient (Wildman–Crippen LogP) is 2.00. The van der Waals surface area contributed by atoms with Gasteiger partial charge in [-0.3, -0.25) is 4.98 Å². The fraction of sp³-hybridized carbons (Fsp3) is 0.545. The lowest BCUT2D eigenvalue weighted by molar-refractivity contribution is -0.140. The molecule has 1 saturated heterocycles. The molecule has 16 heavy (non-hydrogen) atoms. The Labute approximate surface area is 103 Å². The molecule has 0 aliphatic carbocycles. The molecule has 1 fully saturated rings. The van der Waals surface area contributed by atoms with Crippen LogP contribution in [0.2, 0.25) is 0 Å². The van der Waals surface area contributed by atoms with Crippen molar-refractivity contribution >= 4 is 15.9 Å². The SMILES string of the molecule is CC1(C)OC[C@H](C(N)c2ccc(Br)cn2)O1. The summed E-state index contributed by atoms with van der Waals surface area (Å²) in [7, 11) is 0. The predicted molar refractivity (Wildman–Crippen MR) is 63.8 cm³/mol. The molecule has 4 nitrogen and oxygen atoms in total. The third kappa shape index (κ3) is 2.60. The molecule has 0 saturated carbocycles. The standard InChI is InChI=1S/C11H15BrN2O2/c1-11(2)15-6-9(16-11)10(13)8-4-3-7(12)5-14-8/h3-5,9-10H,6,13H2,1-2H3/t9-,10?/m1/s1. The van der Waals surface area contributed by atoms with E-state index < -0.39 is 5.79 Å². The molecule has 2 heterocycles. The van der Waals surface area contributed by atoms with Gasteiger partial charge in [0.15, 0.2) is 5.79 Å². The molecule has 0 bridgehead atoms. The molecule has 1 unspecified atom stereocenters. The molecule has 0 amide bonds. The number of pyridine rings is 1. The number of hydrogen-bond donors (Lipinski definition) is 1. The molecule has 2 rings (SSSR count). The minimum absolute atomic E-state index is 0.135. The average molecular weight is 287 g/mol. The van der Waals surface area contributed by atoms with Gasteiger partial charge in [0.2, 0.25) is 0 Å². The van der Waals surface area contributed by atoms with Gasteiger partial charge >= 0.3 is 0 Å². The van der Waals surface area contributed by atoms with Crippen LogP contribution in [0.3, 0.4) is 0 Å². The Kier molecular flexibility index (Phi) is 3.30. The van der Waals surface area contributed by atoms with Gasteiger partial charge in [-0.25, -0.2) is 0 Å². The molecule has 5 heteroatoms. The molecule has 1 aromatic rings. The number of nitrogens with two attached hydrogens (primary N) is 1. The van der Waals surface area contributed by atoms with Crippen LogP contribution in [0.4, 0.5) is 0 Å². The highest BCUT2D eigenvalue weighted by molar-refractivity contribution is 9.10. The van der Waals surface area contributed by atoms with Crippen LogP contribution in [0, 0.1) is 0 Å². The maximum atomic E-state index is 6.09. The first-order valence-electron chi connectivity index (χ1n) is 5.17. The quantitative estimate of drug-likeness (QED) is 0.903. The zero-order chi connectivity index (χ0) is 11.8. The molecule has 88 valence electrons. The summed E-state index contributed by atoms with van der Waals surface area (Å²) in [6.45, 7) is 4.27. The van der Waals surface area contributed by atoms with Crippen LogP contribution in [0.1, 0.15) is 25.6 Å². The summed E-state index contributed by atoms with van der Waals surface area (Å²) in [5.41, 5.74) is 6.90. The van der Waals surface area contributed by atoms with Crippen LogP contribution in [0.15, 0.2) is 22.8 Å². The van der Waals surface area contributed by atoms with Gasteiger partial charge in [0, 0.05) is 10.7 Å². The number of hydrogen-bond acceptors (Lipinski definition) is 4. The van der Waals surface area contributed by atoms with Gasteiger partial charge in [0.25, 0.3) is 0 Å². The minimum Gasteiger partial charge on any atom is -0.348 e. The minimum atomic E-state index is -0.544. The zero-order valence-corrected chi connectivity index (χ0v) is 10.9. The van der Waals surface area contributed by atoms with Crippen LogP contribution in [-0.2, 0) is 9.47 Å². The summed E-state index contributed by atoms with van der Waals surface area (Å²) in [6, 6.07) is 3.56. The first-order valence-corrected chi connectivity index (χ1v) is 5.96. The molecule has 1 aromatic heterocycles. The number of nitrogens with zero attached hydrogens (tertiary/aromatic N) is 1. The topological polar surface area (TPSA) is 57.4 Å². The Balaban J connectivity index is 2.08. The van der Waals surface area contributed by atoms with Crippen molar-refractivity contribution < 1.29 is 9.47 Å². The van der Waals surface area contributed by atoms with E-state index in [1.54, 1.807) is 6.20 Å². The Morgan fingerprint density at radius 2 is 2.31 bits per heavy atom. The second-order valence-electron chi connectivity index (χ2n) is 4.29. The van der Waals surface area contributed by atoms with E-state index in [4.69, 9.17) is 15.2 Å². The van der Waals surface area contributed by atoms with Crippen molar-refractivity contribution in [3.05, 3.63) is 28.5 Å². The highest BCUT2D eigenvalue weighted by Gasteiger charge is 2.36. The molecule has 2 N–H and O–H groups in total. The second kappa shape index (κ2) is 4.41. The lowest BCUT2D eigenvalue weighted by atomic mass is 10.1. The Bertz CT molecular complexity index is 367. The van der Waals surface area contributed by atoms with Crippen molar-refractivity contribution in [2.75, 3.05) is 6.61 Å². The molecular weight excluding hydrogens is 272 g/mol. The van der Waals surface area contributed by atoms with E-state index in [9.17, 15) is 0 Å². The van der Waals surface area contributed by atoms with Gasteiger partial charge in [0.1, 0.15) is 6.10 Å². The van der Waals surface area contributed by atoms with E-state index in [-0.39, 0.29) is 12.1 Å². The molecular formula is C11H15BrN2O2. The van der Waals surface area contributed by atoms with E-state index in [1.165, 1.54) is 0 Å². The van der Waals surface area contributed by atoms with Crippen LogP contribution in [0.5, 0.6) is 0 Å². The smallest absolute Gasteiger partial charge is 0.163 e. The highest BCUT2D eigenvalue weighted by atomic mass is 79.9. The highest BCUT2D eigenvalue weighted by Crippen LogP contribution is 2.28. The first kappa shape index (κ1) is 12.0. The first-order chi connectivity index (χ1) is 7.48. The van der Waals surface area contributed by atoms with Gasteiger partial charge in [-0.15, -0.1) is 0 Å². The molecule has 0 aromatic carbocycles. The number of ether oxygens (including phenoxy) is 2. The van der Waals surface area contributed by atoms with E-state index in [1.807, 2.05) is 26.0 Å². The third-order valence-corrected chi connectivity index (χ3v) is 2.99. The largest absolute Gasteiger partial charge is 0.348 e. The van der Waals surface area contributed by atoms with Gasteiger partial charge in [-0.2, -0.15) is 0 Å². The number of aromatic nitrogens is 1. The monoisotopic (exact) mass is 286 g/mol. The summed E-state index contributed by atoms with van der Waals surface area (Å²) in [5.74, 6) is -0.544. The van der Waals surface area contributed by atoms with Gasteiger partial charge in [0.05, 0.1) is 18.3 Å². The van der Waals surface area contributed by atoms with Crippen molar-refractivity contribution in [2.24, 2.45) is 5.73 Å². The van der Waals surface area contributed by atoms with Crippen LogP contribution >= 0.6 is 15.9 Å². The van der Waals surface area contributed by atoms with Crippen molar-refractivity contribution in [1.29, 1.82) is 0 Å². The Morgan fingerprint density at radius 1 is 1.56 bits per heavy atom. The summed E-state index contributed by atoms with van der Waals surface area (Å²) in [6.07, 6.45) is 1.60. The normalized spacial score (nSPS) is 25.6. The van der Waals surface area contributed by atoms with Gasteiger partial charge in [-0.05, 0) is 41.9 Å². The summed E-state index contributed by atoms with van der Waals surface area (Å²) in [5, 5.41) is 0. The molecule has 2 atom stereocenters. The fourth-order valence-corrected chi connectivity index (χ4v) is 1.90. The summed E-state index contributed by atoms with van der Waals surface area (Å²) in [4.78, 5) is 4.26. The van der Waals surface area contributed by atoms with E-state index in [0.29, 0.717) is 6.61 Å². The van der Waals surface area contributed by atoms with Crippen molar-refractivity contribution in [2.45, 2.75) is 31.8 Å². The number of rotatable bonds is 2. The van der Waals surface area contributed by atoms with Crippen molar-refractivity contribution in [3.63, 3.8) is 0 Å². The van der Waals surface area contributed by atoms with Crippen molar-refractivity contribution in [3.8, 4) is 0 Å². The van der Waals surface area contributed by atoms with Crippen LogP contribution in [-0.4, -0.2) is 23.5 Å². The maximum absolute atomic E-state index is 6.09. The molecule has 0 spiro atoms. The summed E-state index contributed by atoms with van der Waals surface area (Å²) >= 11 is 3.34. The lowest BCUT2D eigenvalue weighted by Gasteiger charge is -2.20. The van der Waals surface area contributed by atoms with E-state index in [2.05, 4.69) is 20.9 Å². The van der Waals surface area contributed by atoms with Crippen LogP contribution in [0.25, 0.3) is 0 Å². The van der Waals surface area contributed by atoms with E-state index in [0.717, 1.165) is 10.2 Å². The second-order valence-corrected chi connectivity index (χ2v) is 5.21. The Hall–Kier alpha value is -0.490. The molecule has 0 radical (unpaired) electrons. The third-order valence-electron chi connectivity index (χ3n) is 2.52. The Morgan fingerprint density at radius 3 is 2.81 bits per heavy atom. The van der Waals surface area contributed by atoms with Crippen LogP contribution < -0.4 is 5.73 Å². The van der Waals surface area contributed by atoms with Gasteiger partial charge < -0.3 is 15.2 Å². The summed E-state index contributed by atoms with van der Waals surface area (Å²) < 4.78 is 12.1. The molecule has 1 aliphatic heterocycles. The molecule has 1 aliphatic rings. The fourth-order valence-electron chi connectivity index (χ4n) is 1.67. The zero-order valence-electron chi connectivity index (χ0n) is 9.31. The van der Waals surface area contributed by atoms with Crippen molar-refractivity contribution in [1.82, 2.24) is 4.98 Å². The van der Waals surface area contributed by atoms with E-state index >= 15 is 0 Å². The maximum Gasteiger partial charge on any atom is 0.163 e. The lowest BCUT2D eigenvalue weighted by Crippen LogP contribution is -2.31.